The zero-order valence-corrected chi connectivity index (χ0v) is 11.1. The van der Waals surface area contributed by atoms with Gasteiger partial charge in [0.25, 0.3) is 0 Å². The van der Waals surface area contributed by atoms with E-state index in [0.717, 1.165) is 18.6 Å². The first-order valence-electron chi connectivity index (χ1n) is 6.52. The summed E-state index contributed by atoms with van der Waals surface area (Å²) in [5.41, 5.74) is 2.61. The largest absolute Gasteiger partial charge is 0.431 e. The minimum absolute atomic E-state index is 0.250. The molecule has 0 heterocycles. The number of esters is 1. The number of carbonyl (C=O) groups is 1. The molecule has 0 spiro atoms. The molecule has 2 bridgehead atoms. The first-order chi connectivity index (χ1) is 8.58. The fourth-order valence-electron chi connectivity index (χ4n) is 2.76. The van der Waals surface area contributed by atoms with E-state index in [4.69, 9.17) is 4.74 Å². The van der Waals surface area contributed by atoms with Gasteiger partial charge < -0.3 is 4.74 Å². The lowest BCUT2D eigenvalue weighted by atomic mass is 9.88. The van der Waals surface area contributed by atoms with E-state index in [2.05, 4.69) is 25.7 Å². The number of rotatable bonds is 1. The first-order valence-corrected chi connectivity index (χ1v) is 6.52. The van der Waals surface area contributed by atoms with E-state index in [1.54, 1.807) is 0 Å². The summed E-state index contributed by atoms with van der Waals surface area (Å²) in [5, 5.41) is 0. The Labute approximate surface area is 109 Å². The van der Waals surface area contributed by atoms with Crippen molar-refractivity contribution in [3.05, 3.63) is 47.8 Å². The summed E-state index contributed by atoms with van der Waals surface area (Å²) < 4.78 is 5.26. The summed E-state index contributed by atoms with van der Waals surface area (Å²) >= 11 is 0. The van der Waals surface area contributed by atoms with Crippen LogP contribution in [0.1, 0.15) is 33.1 Å². The Morgan fingerprint density at radius 1 is 1.50 bits per heavy atom. The summed E-state index contributed by atoms with van der Waals surface area (Å²) in [6.07, 6.45) is 11.2. The van der Waals surface area contributed by atoms with E-state index in [0.29, 0.717) is 18.3 Å². The molecule has 2 rings (SSSR count). The molecule has 2 atom stereocenters. The van der Waals surface area contributed by atoms with Gasteiger partial charge in [-0.05, 0) is 41.9 Å². The third kappa shape index (κ3) is 2.81. The van der Waals surface area contributed by atoms with Gasteiger partial charge in [-0.2, -0.15) is 0 Å². The quantitative estimate of drug-likeness (QED) is 0.653. The highest BCUT2D eigenvalue weighted by molar-refractivity contribution is 5.67. The van der Waals surface area contributed by atoms with Crippen LogP contribution >= 0.6 is 0 Å². The average Bonchev–Trinajstić information content (AvgIpc) is 2.63. The molecule has 1 fully saturated rings. The summed E-state index contributed by atoms with van der Waals surface area (Å²) in [5.74, 6) is 1.35. The number of hydrogen-bond donors (Lipinski definition) is 0. The van der Waals surface area contributed by atoms with E-state index in [1.165, 1.54) is 18.1 Å². The monoisotopic (exact) mass is 244 g/mol. The van der Waals surface area contributed by atoms with Gasteiger partial charge in [-0.1, -0.05) is 31.7 Å². The van der Waals surface area contributed by atoms with Crippen LogP contribution in [0.25, 0.3) is 0 Å². The average molecular weight is 244 g/mol. The van der Waals surface area contributed by atoms with Crippen LogP contribution in [0.2, 0.25) is 0 Å². The van der Waals surface area contributed by atoms with E-state index < -0.39 is 0 Å². The van der Waals surface area contributed by atoms with Crippen molar-refractivity contribution < 1.29 is 9.53 Å². The van der Waals surface area contributed by atoms with Crippen molar-refractivity contribution in [3.63, 3.8) is 0 Å². The molecular weight excluding hydrogens is 224 g/mol. The molecule has 96 valence electrons. The minimum Gasteiger partial charge on any atom is -0.431 e. The molecule has 0 aromatic carbocycles. The number of ether oxygens (including phenoxy) is 1. The van der Waals surface area contributed by atoms with E-state index in [9.17, 15) is 4.79 Å². The van der Waals surface area contributed by atoms with Crippen molar-refractivity contribution >= 4 is 5.97 Å². The standard InChI is InChI=1S/C16H20O2/c1-11-10-15(18-13(3)17)7-5-4-6-14-8-9-16(11)12(14)2/h4-6,10-11,16H,2,7-9H2,1,3H3/b5-4-,14-6-,15-10+. The summed E-state index contributed by atoms with van der Waals surface area (Å²) in [4.78, 5) is 11.1. The SMILES string of the molecule is C=C1/C2=C\C=C/C/C(OC(C)=O)=C\C(C)C1CC2. The molecular formula is C16H20O2. The maximum atomic E-state index is 11.1. The Morgan fingerprint density at radius 3 is 3.00 bits per heavy atom. The van der Waals surface area contributed by atoms with Crippen LogP contribution in [-0.4, -0.2) is 5.97 Å². The molecule has 0 aromatic heterocycles. The molecule has 0 amide bonds. The molecule has 18 heavy (non-hydrogen) atoms. The fourth-order valence-corrected chi connectivity index (χ4v) is 2.76. The Balaban J connectivity index is 2.28. The molecule has 2 aliphatic rings. The van der Waals surface area contributed by atoms with Crippen molar-refractivity contribution in [2.75, 3.05) is 0 Å². The second-order valence-corrected chi connectivity index (χ2v) is 5.08. The van der Waals surface area contributed by atoms with Gasteiger partial charge in [0.15, 0.2) is 0 Å². The van der Waals surface area contributed by atoms with E-state index >= 15 is 0 Å². The maximum Gasteiger partial charge on any atom is 0.307 e. The summed E-state index contributed by atoms with van der Waals surface area (Å²) in [6, 6.07) is 0. The van der Waals surface area contributed by atoms with Gasteiger partial charge in [-0.15, -0.1) is 0 Å². The number of hydrogen-bond acceptors (Lipinski definition) is 2. The van der Waals surface area contributed by atoms with Gasteiger partial charge in [-0.3, -0.25) is 4.79 Å². The molecule has 2 aliphatic carbocycles. The molecule has 0 aliphatic heterocycles. The van der Waals surface area contributed by atoms with Gasteiger partial charge >= 0.3 is 5.97 Å². The predicted molar refractivity (Wildman–Crippen MR) is 72.7 cm³/mol. The van der Waals surface area contributed by atoms with Crippen LogP contribution in [0.3, 0.4) is 0 Å². The fraction of sp³-hybridized carbons (Fsp3) is 0.438. The van der Waals surface area contributed by atoms with Crippen LogP contribution < -0.4 is 0 Å². The highest BCUT2D eigenvalue weighted by Gasteiger charge is 2.27. The molecule has 1 saturated carbocycles. The minimum atomic E-state index is -0.250. The van der Waals surface area contributed by atoms with Crippen LogP contribution in [0.4, 0.5) is 0 Å². The third-order valence-corrected chi connectivity index (χ3v) is 3.70. The van der Waals surface area contributed by atoms with Crippen LogP contribution in [-0.2, 0) is 9.53 Å². The smallest absolute Gasteiger partial charge is 0.307 e. The van der Waals surface area contributed by atoms with E-state index in [1.807, 2.05) is 12.2 Å². The normalized spacial score (nSPS) is 35.1. The van der Waals surface area contributed by atoms with Crippen molar-refractivity contribution in [1.82, 2.24) is 0 Å². The van der Waals surface area contributed by atoms with Gasteiger partial charge in [0, 0.05) is 13.3 Å². The molecule has 2 heteroatoms. The Hall–Kier alpha value is -1.57. The highest BCUT2D eigenvalue weighted by atomic mass is 16.5. The lowest BCUT2D eigenvalue weighted by Crippen LogP contribution is -2.09. The Morgan fingerprint density at radius 2 is 2.28 bits per heavy atom. The maximum absolute atomic E-state index is 11.1. The van der Waals surface area contributed by atoms with E-state index in [-0.39, 0.29) is 5.97 Å². The predicted octanol–water partition coefficient (Wildman–Crippen LogP) is 3.92. The van der Waals surface area contributed by atoms with Gasteiger partial charge in [0.05, 0.1) is 0 Å². The Kier molecular flexibility index (Phi) is 3.85. The van der Waals surface area contributed by atoms with Crippen LogP contribution in [0.15, 0.2) is 47.8 Å². The molecule has 2 unspecified atom stereocenters. The highest BCUT2D eigenvalue weighted by Crippen LogP contribution is 2.40. The van der Waals surface area contributed by atoms with Gasteiger partial charge in [0.2, 0.25) is 0 Å². The van der Waals surface area contributed by atoms with Crippen molar-refractivity contribution in [2.24, 2.45) is 11.8 Å². The van der Waals surface area contributed by atoms with Crippen LogP contribution in [0.5, 0.6) is 0 Å². The number of allylic oxidation sites excluding steroid dienone is 6. The van der Waals surface area contributed by atoms with Gasteiger partial charge in [-0.25, -0.2) is 0 Å². The molecule has 0 N–H and O–H groups in total. The number of carbonyl (C=O) groups excluding carboxylic acids is 1. The lowest BCUT2D eigenvalue weighted by Gasteiger charge is -2.18. The lowest BCUT2D eigenvalue weighted by molar-refractivity contribution is -0.137. The first kappa shape index (κ1) is 12.9. The van der Waals surface area contributed by atoms with Crippen LogP contribution in [0, 0.1) is 11.8 Å². The van der Waals surface area contributed by atoms with Gasteiger partial charge in [0.1, 0.15) is 5.76 Å². The summed E-state index contributed by atoms with van der Waals surface area (Å²) in [6.45, 7) is 7.83. The molecule has 0 radical (unpaired) electrons. The van der Waals surface area contributed by atoms with Crippen molar-refractivity contribution in [2.45, 2.75) is 33.1 Å². The summed E-state index contributed by atoms with van der Waals surface area (Å²) in [7, 11) is 0. The molecule has 0 saturated heterocycles. The molecule has 2 nitrogen and oxygen atoms in total. The zero-order chi connectivity index (χ0) is 13.1. The number of fused-ring (bicyclic) bond motifs is 2. The molecule has 0 aromatic rings. The van der Waals surface area contributed by atoms with Crippen molar-refractivity contribution in [3.8, 4) is 0 Å². The third-order valence-electron chi connectivity index (χ3n) is 3.70. The van der Waals surface area contributed by atoms with Crippen molar-refractivity contribution in [1.29, 1.82) is 0 Å². The zero-order valence-electron chi connectivity index (χ0n) is 11.1. The second kappa shape index (κ2) is 5.38. The topological polar surface area (TPSA) is 26.3 Å². The second-order valence-electron chi connectivity index (χ2n) is 5.08. The Bertz CT molecular complexity index is 452.